The molecule has 0 saturated carbocycles. The third-order valence-corrected chi connectivity index (χ3v) is 13.2. The highest BCUT2D eigenvalue weighted by atomic mass is 16.2. The van der Waals surface area contributed by atoms with Crippen LogP contribution in [0.4, 0.5) is 34.9 Å². The van der Waals surface area contributed by atoms with Crippen LogP contribution in [0, 0.1) is 20.8 Å². The Hall–Kier alpha value is -13.5. The SMILES string of the molecule is Cc1c[nH]c(=O)[nH]c1=O.Cc1c[nH]c(=O)[nH]c1=O.Cc1cn(C)c(=O)[nH]c1=O.Cn1cnc2c(N)ncnc21.Cn1cnc2c(N)ncnc21.Cn1cnc2c1NC(N)NC2=O.Cn1cnc2c1NC(N)NC2=O.Cn1cnc2c1NC(N)NC2=O.Cn1cnc2c1NCN=C2N. The summed E-state index contributed by atoms with van der Waals surface area (Å²) in [6.45, 7) is 5.43. The Kier molecular flexibility index (Phi) is 22.9. The smallest absolute Gasteiger partial charge is 0.328 e. The number of aromatic nitrogens is 22. The predicted octanol–water partition coefficient (Wildman–Crippen LogP) is -6.02. The Bertz CT molecular complexity index is 4690. The molecule has 15 heterocycles. The lowest BCUT2D eigenvalue weighted by Crippen LogP contribution is -2.51. The fourth-order valence-corrected chi connectivity index (χ4v) is 8.15. The van der Waals surface area contributed by atoms with E-state index in [0.29, 0.717) is 86.4 Å². The molecule has 11 aromatic heterocycles. The van der Waals surface area contributed by atoms with Crippen LogP contribution >= 0.6 is 0 Å². The summed E-state index contributed by atoms with van der Waals surface area (Å²) in [7, 11) is 12.6. The highest BCUT2D eigenvalue weighted by Gasteiger charge is 2.27. The number of nitrogen functional groups attached to an aromatic ring is 2. The number of carbonyl (C=O) groups excluding carboxylic acids is 3. The van der Waals surface area contributed by atoms with Gasteiger partial charge in [0.15, 0.2) is 58.9 Å². The van der Waals surface area contributed by atoms with Gasteiger partial charge in [-0.2, -0.15) is 0 Å². The molecule has 4 aliphatic heterocycles. The number of H-pyrrole nitrogens is 5. The zero-order chi connectivity index (χ0) is 71.1. The number of amides is 3. The minimum absolute atomic E-state index is 0.239. The molecule has 11 aromatic rings. The average Bonchev–Trinajstić information content (AvgIpc) is 1.70. The summed E-state index contributed by atoms with van der Waals surface area (Å²) in [4.78, 5) is 151. The number of aliphatic imine (C=N–C) groups is 1. The molecule has 3 atom stereocenters. The van der Waals surface area contributed by atoms with Crippen LogP contribution in [0.25, 0.3) is 22.3 Å². The van der Waals surface area contributed by atoms with Crippen molar-refractivity contribution in [2.75, 3.05) is 39.4 Å². The first kappa shape index (κ1) is 71.0. The number of rotatable bonds is 0. The number of hydrogen-bond acceptors (Lipinski definition) is 30. The molecule has 3 unspecified atom stereocenters. The Morgan fingerprint density at radius 2 is 0.753 bits per heavy atom. The van der Waals surface area contributed by atoms with E-state index >= 15 is 0 Å². The number of nitrogens with zero attached hydrogens (tertiary/aromatic N) is 18. The van der Waals surface area contributed by atoms with E-state index in [4.69, 9.17) is 34.4 Å². The molecule has 45 heteroatoms. The molecule has 0 aliphatic carbocycles. The van der Waals surface area contributed by atoms with Crippen molar-refractivity contribution < 1.29 is 14.4 Å². The zero-order valence-electron chi connectivity index (χ0n) is 53.5. The van der Waals surface area contributed by atoms with E-state index in [9.17, 15) is 43.2 Å². The molecule has 3 amide bonds. The van der Waals surface area contributed by atoms with Crippen molar-refractivity contribution in [1.29, 1.82) is 0 Å². The largest absolute Gasteiger partial charge is 0.382 e. The number of nitrogens with one attached hydrogen (secondary N) is 12. The van der Waals surface area contributed by atoms with E-state index in [1.807, 2.05) is 25.7 Å². The maximum absolute atomic E-state index is 11.2. The molecule has 45 nitrogen and oxygen atoms in total. The summed E-state index contributed by atoms with van der Waals surface area (Å²) in [5.74, 6) is 3.57. The second-order valence-electron chi connectivity index (χ2n) is 20.6. The molecule has 0 aromatic carbocycles. The van der Waals surface area contributed by atoms with Crippen LogP contribution in [0.5, 0.6) is 0 Å². The van der Waals surface area contributed by atoms with Crippen LogP contribution < -0.4 is 105 Å². The summed E-state index contributed by atoms with van der Waals surface area (Å²) >= 11 is 0. The van der Waals surface area contributed by atoms with Crippen molar-refractivity contribution in [3.8, 4) is 0 Å². The Morgan fingerprint density at radius 3 is 1.09 bits per heavy atom. The molecule has 24 N–H and O–H groups in total. The number of imidazole rings is 6. The van der Waals surface area contributed by atoms with Gasteiger partial charge >= 0.3 is 17.1 Å². The number of hydrogen-bond donors (Lipinski definition) is 18. The molecule has 4 aliphatic rings. The minimum atomic E-state index is -0.527. The van der Waals surface area contributed by atoms with E-state index in [-0.39, 0.29) is 40.1 Å². The number of aromatic amines is 5. The van der Waals surface area contributed by atoms with Crippen molar-refractivity contribution >= 4 is 80.8 Å². The number of nitrogens with two attached hydrogens (primary N) is 6. The highest BCUT2D eigenvalue weighted by Crippen LogP contribution is 2.19. The lowest BCUT2D eigenvalue weighted by Gasteiger charge is -2.21. The van der Waals surface area contributed by atoms with Gasteiger partial charge in [0, 0.05) is 84.6 Å². The van der Waals surface area contributed by atoms with Crippen molar-refractivity contribution in [2.24, 2.45) is 77.3 Å². The highest BCUT2D eigenvalue weighted by molar-refractivity contribution is 6.01. The van der Waals surface area contributed by atoms with Gasteiger partial charge in [0.1, 0.15) is 65.2 Å². The van der Waals surface area contributed by atoms with Crippen molar-refractivity contribution in [2.45, 2.75) is 39.6 Å². The molecule has 512 valence electrons. The third-order valence-electron chi connectivity index (χ3n) is 13.2. The predicted molar refractivity (Wildman–Crippen MR) is 353 cm³/mol. The number of aryl methyl sites for hydroxylation is 10. The number of anilines is 6. The van der Waals surface area contributed by atoms with Crippen molar-refractivity contribution in [3.05, 3.63) is 171 Å². The normalized spacial score (nSPS) is 14.8. The quantitative estimate of drug-likeness (QED) is 0.0672. The summed E-state index contributed by atoms with van der Waals surface area (Å²) in [5, 5.41) is 19.2. The molecule has 0 radical (unpaired) electrons. The van der Waals surface area contributed by atoms with Crippen LogP contribution in [0.1, 0.15) is 53.8 Å². The second-order valence-corrected chi connectivity index (χ2v) is 20.6. The van der Waals surface area contributed by atoms with Crippen LogP contribution in [-0.2, 0) is 49.3 Å². The average molecular weight is 1340 g/mol. The zero-order valence-corrected chi connectivity index (χ0v) is 53.5. The van der Waals surface area contributed by atoms with Gasteiger partial charge in [-0.15, -0.1) is 0 Å². The standard InChI is InChI=1S/3C6H9N5O.C6H9N5.2C6H7N5.C6H8N2O2.2C5H6N2O2/c3*1-11-2-8-3-4(11)9-6(7)10-5(3)12;3*1-11-3-10-4-5(7)8-2-9-6(4)11;1-4-3-8(2)6(10)7-5(4)9;2*1-3-2-6-5(9)7-4(3)8/h3*2,6,9H,7H2,1H3,(H,10,12);3,9H,2H2,1H3,(H2,7,8);2*2-3H,1H3,(H2,7,8,9);3H,1-2H3,(H,7,9,10);2*2H,1H3,(H2,6,7,8,9). The van der Waals surface area contributed by atoms with Crippen LogP contribution in [0.2, 0.25) is 0 Å². The van der Waals surface area contributed by atoms with Gasteiger partial charge in [0.25, 0.3) is 34.4 Å². The second kappa shape index (κ2) is 31.2. The van der Waals surface area contributed by atoms with Crippen LogP contribution in [-0.4, -0.2) is 156 Å². The lowest BCUT2D eigenvalue weighted by molar-refractivity contribution is 0.0923. The van der Waals surface area contributed by atoms with Gasteiger partial charge in [-0.3, -0.25) is 60.9 Å². The fourth-order valence-electron chi connectivity index (χ4n) is 8.15. The molecule has 0 spiro atoms. The molecular formula is C52H70N36O9. The third kappa shape index (κ3) is 18.0. The van der Waals surface area contributed by atoms with Gasteiger partial charge in [-0.05, 0) is 20.8 Å². The van der Waals surface area contributed by atoms with E-state index in [0.717, 1.165) is 22.8 Å². The van der Waals surface area contributed by atoms with Gasteiger partial charge < -0.3 is 96.4 Å². The molecule has 0 bridgehead atoms. The van der Waals surface area contributed by atoms with E-state index in [1.165, 1.54) is 35.8 Å². The lowest BCUT2D eigenvalue weighted by atomic mass is 10.3. The van der Waals surface area contributed by atoms with Crippen LogP contribution in [0.15, 0.2) is 103 Å². The molecule has 0 fully saturated rings. The van der Waals surface area contributed by atoms with E-state index in [2.05, 4.69) is 117 Å². The first-order valence-corrected chi connectivity index (χ1v) is 28.1. The Labute approximate surface area is 543 Å². The Balaban J connectivity index is 0.000000154. The number of amidine groups is 1. The molecule has 97 heavy (non-hydrogen) atoms. The summed E-state index contributed by atoms with van der Waals surface area (Å²) in [5.41, 5.74) is 37.2. The van der Waals surface area contributed by atoms with Crippen molar-refractivity contribution in [1.82, 2.24) is 123 Å². The number of fused-ring (bicyclic) bond motifs is 6. The van der Waals surface area contributed by atoms with E-state index in [1.54, 1.807) is 110 Å². The number of carbonyl (C=O) groups is 3. The molecule has 15 rings (SSSR count). The fraction of sp³-hybridized carbons (Fsp3) is 0.269. The maximum Gasteiger partial charge on any atom is 0.328 e. The van der Waals surface area contributed by atoms with Gasteiger partial charge in [0.05, 0.1) is 38.0 Å². The minimum Gasteiger partial charge on any atom is -0.382 e. The van der Waals surface area contributed by atoms with Gasteiger partial charge in [0.2, 0.25) is 0 Å². The van der Waals surface area contributed by atoms with Gasteiger partial charge in [-0.25, -0.2) is 69.2 Å². The molecular weight excluding hydrogens is 1270 g/mol. The summed E-state index contributed by atoms with van der Waals surface area (Å²) in [6, 6.07) is 0. The first-order valence-electron chi connectivity index (χ1n) is 28.1. The van der Waals surface area contributed by atoms with E-state index < -0.39 is 30.2 Å². The first-order chi connectivity index (χ1) is 45.9. The molecule has 0 saturated heterocycles. The van der Waals surface area contributed by atoms with Crippen molar-refractivity contribution in [3.63, 3.8) is 0 Å². The Morgan fingerprint density at radius 1 is 0.402 bits per heavy atom. The monoisotopic (exact) mass is 1340 g/mol. The topological polar surface area (TPSA) is 649 Å². The summed E-state index contributed by atoms with van der Waals surface area (Å²) < 4.78 is 12.0. The van der Waals surface area contributed by atoms with Crippen LogP contribution in [0.3, 0.4) is 0 Å². The summed E-state index contributed by atoms with van der Waals surface area (Å²) in [6.07, 6.45) is 15.3. The van der Waals surface area contributed by atoms with Gasteiger partial charge in [-0.1, -0.05) is 0 Å². The maximum atomic E-state index is 11.2.